The van der Waals surface area contributed by atoms with Gasteiger partial charge >= 0.3 is 0 Å². The molecule has 0 aliphatic carbocycles. The van der Waals surface area contributed by atoms with E-state index < -0.39 is 10.0 Å². The highest BCUT2D eigenvalue weighted by Crippen LogP contribution is 2.21. The molecule has 1 aromatic rings. The molecular weight excluding hydrogens is 236 g/mol. The summed E-state index contributed by atoms with van der Waals surface area (Å²) >= 11 is 0. The Bertz CT molecular complexity index is 502. The third kappa shape index (κ3) is 4.65. The van der Waals surface area contributed by atoms with Crippen molar-refractivity contribution in [3.05, 3.63) is 23.8 Å². The molecule has 5 heteroatoms. The smallest absolute Gasteiger partial charge is 0.233 e. The Labute approximate surface area is 103 Å². The van der Waals surface area contributed by atoms with Gasteiger partial charge in [-0.25, -0.2) is 8.42 Å². The number of hydrogen-bond acceptors (Lipinski definition) is 3. The average molecular weight is 256 g/mol. The van der Waals surface area contributed by atoms with E-state index in [0.717, 1.165) is 5.56 Å². The first-order valence-electron chi connectivity index (χ1n) is 5.46. The summed E-state index contributed by atoms with van der Waals surface area (Å²) in [4.78, 5) is 0. The largest absolute Gasteiger partial charge is 0.399 e. The van der Waals surface area contributed by atoms with E-state index in [1.807, 2.05) is 27.7 Å². The molecule has 3 N–H and O–H groups in total. The fourth-order valence-electron chi connectivity index (χ4n) is 1.52. The van der Waals surface area contributed by atoms with E-state index in [1.165, 1.54) is 0 Å². The van der Waals surface area contributed by atoms with Crippen molar-refractivity contribution in [2.45, 2.75) is 27.7 Å². The molecule has 17 heavy (non-hydrogen) atoms. The van der Waals surface area contributed by atoms with E-state index in [-0.39, 0.29) is 11.2 Å². The van der Waals surface area contributed by atoms with Gasteiger partial charge in [0.15, 0.2) is 0 Å². The number of hydrogen-bond donors (Lipinski definition) is 2. The highest BCUT2D eigenvalue weighted by Gasteiger charge is 2.21. The van der Waals surface area contributed by atoms with Crippen LogP contribution in [0.15, 0.2) is 18.2 Å². The lowest BCUT2D eigenvalue weighted by atomic mass is 10.0. The molecule has 0 atom stereocenters. The van der Waals surface area contributed by atoms with Crippen molar-refractivity contribution in [3.63, 3.8) is 0 Å². The minimum atomic E-state index is -3.31. The Morgan fingerprint density at radius 2 is 1.88 bits per heavy atom. The fraction of sp³-hybridized carbons (Fsp3) is 0.500. The highest BCUT2D eigenvalue weighted by atomic mass is 32.2. The van der Waals surface area contributed by atoms with Gasteiger partial charge in [-0.3, -0.25) is 4.72 Å². The summed E-state index contributed by atoms with van der Waals surface area (Å²) in [7, 11) is -3.31. The number of nitrogens with two attached hydrogens (primary N) is 1. The van der Waals surface area contributed by atoms with Crippen molar-refractivity contribution in [1.82, 2.24) is 0 Å². The van der Waals surface area contributed by atoms with Crippen LogP contribution in [-0.4, -0.2) is 14.2 Å². The molecule has 0 radical (unpaired) electrons. The van der Waals surface area contributed by atoms with Crippen LogP contribution in [0.5, 0.6) is 0 Å². The molecule has 4 nitrogen and oxygen atoms in total. The summed E-state index contributed by atoms with van der Waals surface area (Å²) in [6, 6.07) is 5.10. The first kappa shape index (κ1) is 13.8. The molecule has 0 fully saturated rings. The van der Waals surface area contributed by atoms with Gasteiger partial charge in [0.2, 0.25) is 10.0 Å². The summed E-state index contributed by atoms with van der Waals surface area (Å²) < 4.78 is 26.3. The van der Waals surface area contributed by atoms with Gasteiger partial charge in [0.05, 0.1) is 5.75 Å². The summed E-state index contributed by atoms with van der Waals surface area (Å²) in [6.45, 7) is 7.51. The molecular formula is C12H20N2O2S. The normalized spacial score (nSPS) is 12.5. The second-order valence-electron chi connectivity index (χ2n) is 5.49. The first-order valence-corrected chi connectivity index (χ1v) is 7.11. The number of nitrogens with one attached hydrogen (secondary N) is 1. The third-order valence-electron chi connectivity index (χ3n) is 2.17. The van der Waals surface area contributed by atoms with E-state index in [0.29, 0.717) is 11.4 Å². The van der Waals surface area contributed by atoms with Crippen molar-refractivity contribution < 1.29 is 8.42 Å². The zero-order valence-electron chi connectivity index (χ0n) is 10.7. The summed E-state index contributed by atoms with van der Waals surface area (Å²) in [6.07, 6.45) is 0. The second kappa shape index (κ2) is 4.56. The number of nitrogen functional groups attached to an aromatic ring is 1. The predicted octanol–water partition coefficient (Wildman–Crippen LogP) is 2.37. The van der Waals surface area contributed by atoms with Crippen LogP contribution in [0, 0.1) is 12.3 Å². The van der Waals surface area contributed by atoms with Crippen LogP contribution in [0.25, 0.3) is 0 Å². The number of rotatable bonds is 3. The van der Waals surface area contributed by atoms with Crippen LogP contribution in [0.2, 0.25) is 0 Å². The predicted molar refractivity (Wildman–Crippen MR) is 72.5 cm³/mol. The highest BCUT2D eigenvalue weighted by molar-refractivity contribution is 7.92. The Morgan fingerprint density at radius 1 is 1.29 bits per heavy atom. The Hall–Kier alpha value is -1.23. The van der Waals surface area contributed by atoms with E-state index in [4.69, 9.17) is 5.73 Å². The fourth-order valence-corrected chi connectivity index (χ4v) is 3.22. The van der Waals surface area contributed by atoms with Crippen molar-refractivity contribution in [3.8, 4) is 0 Å². The van der Waals surface area contributed by atoms with Gasteiger partial charge in [0.25, 0.3) is 0 Å². The van der Waals surface area contributed by atoms with E-state index in [9.17, 15) is 8.42 Å². The van der Waals surface area contributed by atoms with Crippen molar-refractivity contribution in [2.24, 2.45) is 5.41 Å². The monoisotopic (exact) mass is 256 g/mol. The maximum atomic E-state index is 11.9. The lowest BCUT2D eigenvalue weighted by molar-refractivity contribution is 0.463. The minimum absolute atomic E-state index is 0.0867. The molecule has 96 valence electrons. The molecule has 0 heterocycles. The van der Waals surface area contributed by atoms with Gasteiger partial charge in [-0.15, -0.1) is 0 Å². The summed E-state index contributed by atoms with van der Waals surface area (Å²) in [5.74, 6) is 0.0867. The molecule has 1 aromatic carbocycles. The van der Waals surface area contributed by atoms with Gasteiger partial charge in [-0.2, -0.15) is 0 Å². The van der Waals surface area contributed by atoms with Gasteiger partial charge in [-0.05, 0) is 36.1 Å². The van der Waals surface area contributed by atoms with Crippen LogP contribution >= 0.6 is 0 Å². The number of aryl methyl sites for hydroxylation is 1. The molecule has 0 bridgehead atoms. The van der Waals surface area contributed by atoms with Crippen LogP contribution in [0.4, 0.5) is 11.4 Å². The second-order valence-corrected chi connectivity index (χ2v) is 7.22. The van der Waals surface area contributed by atoms with E-state index in [1.54, 1.807) is 18.2 Å². The Balaban J connectivity index is 2.87. The topological polar surface area (TPSA) is 72.2 Å². The summed E-state index contributed by atoms with van der Waals surface area (Å²) in [5, 5.41) is 0. The zero-order chi connectivity index (χ0) is 13.3. The molecule has 1 rings (SSSR count). The molecule has 0 spiro atoms. The molecule has 0 aliphatic heterocycles. The average Bonchev–Trinajstić information content (AvgIpc) is 2.06. The van der Waals surface area contributed by atoms with E-state index >= 15 is 0 Å². The SMILES string of the molecule is Cc1cc(NS(=O)(=O)CC(C)(C)C)ccc1N. The van der Waals surface area contributed by atoms with Gasteiger partial charge in [0.1, 0.15) is 0 Å². The molecule has 0 saturated heterocycles. The van der Waals surface area contributed by atoms with Crippen LogP contribution < -0.4 is 10.5 Å². The van der Waals surface area contributed by atoms with Crippen LogP contribution in [0.3, 0.4) is 0 Å². The quantitative estimate of drug-likeness (QED) is 0.815. The summed E-state index contributed by atoms with van der Waals surface area (Å²) in [5.41, 5.74) is 7.48. The van der Waals surface area contributed by atoms with Gasteiger partial charge in [0, 0.05) is 11.4 Å². The third-order valence-corrected chi connectivity index (χ3v) is 3.96. The lowest BCUT2D eigenvalue weighted by Crippen LogP contribution is -2.26. The maximum Gasteiger partial charge on any atom is 0.233 e. The first-order chi connectivity index (χ1) is 7.59. The van der Waals surface area contributed by atoms with Crippen molar-refractivity contribution >= 4 is 21.4 Å². The van der Waals surface area contributed by atoms with Gasteiger partial charge in [-0.1, -0.05) is 20.8 Å². The number of sulfonamides is 1. The molecule has 0 saturated carbocycles. The van der Waals surface area contributed by atoms with Crippen LogP contribution in [0.1, 0.15) is 26.3 Å². The van der Waals surface area contributed by atoms with Crippen molar-refractivity contribution in [1.29, 1.82) is 0 Å². The Kier molecular flexibility index (Phi) is 3.71. The zero-order valence-corrected chi connectivity index (χ0v) is 11.6. The molecule has 0 aliphatic rings. The van der Waals surface area contributed by atoms with Gasteiger partial charge < -0.3 is 5.73 Å². The number of anilines is 2. The molecule has 0 unspecified atom stereocenters. The minimum Gasteiger partial charge on any atom is -0.399 e. The molecule has 0 amide bonds. The molecule has 0 aromatic heterocycles. The van der Waals surface area contributed by atoms with E-state index in [2.05, 4.69) is 4.72 Å². The van der Waals surface area contributed by atoms with Crippen LogP contribution in [-0.2, 0) is 10.0 Å². The number of benzene rings is 1. The lowest BCUT2D eigenvalue weighted by Gasteiger charge is -2.19. The van der Waals surface area contributed by atoms with Crippen molar-refractivity contribution in [2.75, 3.05) is 16.2 Å². The Morgan fingerprint density at radius 3 is 2.35 bits per heavy atom. The maximum absolute atomic E-state index is 11.9. The standard InChI is InChI=1S/C12H20N2O2S/c1-9-7-10(5-6-11(9)13)14-17(15,16)8-12(2,3)4/h5-7,14H,8,13H2,1-4H3.